The first-order valence-corrected chi connectivity index (χ1v) is 7.45. The lowest BCUT2D eigenvalue weighted by Gasteiger charge is -2.11. The third kappa shape index (κ3) is 4.59. The highest BCUT2D eigenvalue weighted by Crippen LogP contribution is 2.23. The van der Waals surface area contributed by atoms with Crippen LogP contribution in [0.1, 0.15) is 18.9 Å². The van der Waals surface area contributed by atoms with Crippen molar-refractivity contribution in [3.63, 3.8) is 0 Å². The van der Waals surface area contributed by atoms with Crippen LogP contribution < -0.4 is 0 Å². The fourth-order valence-electron chi connectivity index (χ4n) is 1.36. The van der Waals surface area contributed by atoms with Crippen LogP contribution in [0.25, 0.3) is 0 Å². The summed E-state index contributed by atoms with van der Waals surface area (Å²) < 4.78 is 16.6. The molecule has 0 heterocycles. The van der Waals surface area contributed by atoms with Crippen LogP contribution in [0.5, 0.6) is 0 Å². The minimum atomic E-state index is -1.20. The third-order valence-electron chi connectivity index (χ3n) is 2.44. The maximum atomic E-state index is 12.0. The molecule has 1 aromatic rings. The molecule has 100 valence electrons. The van der Waals surface area contributed by atoms with Crippen molar-refractivity contribution in [1.29, 1.82) is 0 Å². The van der Waals surface area contributed by atoms with Crippen molar-refractivity contribution in [3.05, 3.63) is 33.8 Å². The number of carbonyl (C=O) groups is 1. The van der Waals surface area contributed by atoms with Crippen LogP contribution in [0.3, 0.4) is 0 Å². The van der Waals surface area contributed by atoms with Gasteiger partial charge in [-0.15, -0.1) is 0 Å². The minimum Gasteiger partial charge on any atom is -0.469 e. The van der Waals surface area contributed by atoms with Gasteiger partial charge in [0.2, 0.25) is 0 Å². The van der Waals surface area contributed by atoms with Crippen molar-refractivity contribution in [2.75, 3.05) is 7.11 Å². The molecule has 0 spiro atoms. The average Bonchev–Trinajstić information content (AvgIpc) is 2.33. The molecule has 0 aromatic heterocycles. The van der Waals surface area contributed by atoms with E-state index in [1.54, 1.807) is 25.1 Å². The van der Waals surface area contributed by atoms with Gasteiger partial charge in [0.1, 0.15) is 0 Å². The molecule has 2 unspecified atom stereocenters. The second kappa shape index (κ2) is 7.12. The number of hydrogen-bond acceptors (Lipinski definition) is 3. The van der Waals surface area contributed by atoms with Crippen LogP contribution in [-0.2, 0) is 26.1 Å². The molecule has 1 aromatic carbocycles. The summed E-state index contributed by atoms with van der Waals surface area (Å²) >= 11 is 11.8. The number of carbonyl (C=O) groups excluding carboxylic acids is 1. The summed E-state index contributed by atoms with van der Waals surface area (Å²) in [5, 5.41) is 0.789. The first kappa shape index (κ1) is 15.5. The van der Waals surface area contributed by atoms with E-state index in [1.807, 2.05) is 0 Å². The summed E-state index contributed by atoms with van der Waals surface area (Å²) in [6.07, 6.45) is 0.126. The van der Waals surface area contributed by atoms with E-state index < -0.39 is 10.8 Å². The van der Waals surface area contributed by atoms with E-state index >= 15 is 0 Å². The molecule has 18 heavy (non-hydrogen) atoms. The van der Waals surface area contributed by atoms with Gasteiger partial charge < -0.3 is 4.74 Å². The monoisotopic (exact) mass is 308 g/mol. The number of esters is 1. The predicted molar refractivity (Wildman–Crippen MR) is 74.4 cm³/mol. The van der Waals surface area contributed by atoms with Crippen LogP contribution in [0.4, 0.5) is 0 Å². The van der Waals surface area contributed by atoms with E-state index in [2.05, 4.69) is 4.74 Å². The first-order chi connectivity index (χ1) is 8.43. The molecule has 0 saturated carbocycles. The van der Waals surface area contributed by atoms with E-state index in [0.717, 1.165) is 5.56 Å². The number of ether oxygens (including phenoxy) is 1. The zero-order chi connectivity index (χ0) is 13.7. The van der Waals surface area contributed by atoms with Crippen LogP contribution in [-0.4, -0.2) is 22.5 Å². The van der Waals surface area contributed by atoms with Gasteiger partial charge >= 0.3 is 5.97 Å². The number of hydrogen-bond donors (Lipinski definition) is 0. The Morgan fingerprint density at radius 3 is 2.72 bits per heavy atom. The Kier molecular flexibility index (Phi) is 6.12. The maximum absolute atomic E-state index is 12.0. The van der Waals surface area contributed by atoms with Gasteiger partial charge in [0.15, 0.2) is 0 Å². The number of rotatable bonds is 5. The largest absolute Gasteiger partial charge is 0.469 e. The second-order valence-corrected chi connectivity index (χ2v) is 6.55. The minimum absolute atomic E-state index is 0.126. The van der Waals surface area contributed by atoms with E-state index in [4.69, 9.17) is 23.2 Å². The predicted octanol–water partition coefficient (Wildman–Crippen LogP) is 3.19. The van der Waals surface area contributed by atoms with Crippen molar-refractivity contribution in [3.8, 4) is 0 Å². The third-order valence-corrected chi connectivity index (χ3v) is 4.70. The van der Waals surface area contributed by atoms with Crippen LogP contribution in [0.2, 0.25) is 10.0 Å². The molecule has 0 aliphatic carbocycles. The lowest BCUT2D eigenvalue weighted by molar-refractivity contribution is -0.140. The second-order valence-electron chi connectivity index (χ2n) is 3.85. The first-order valence-electron chi connectivity index (χ1n) is 5.32. The summed E-state index contributed by atoms with van der Waals surface area (Å²) in [6, 6.07) is 5.03. The number of halogens is 2. The van der Waals surface area contributed by atoms with E-state index in [1.165, 1.54) is 7.11 Å². The molecule has 1 rings (SSSR count). The Morgan fingerprint density at radius 1 is 1.44 bits per heavy atom. The SMILES string of the molecule is COC(=O)CC(C)S(=O)Cc1cc(Cl)ccc1Cl. The molecule has 0 saturated heterocycles. The van der Waals surface area contributed by atoms with Crippen molar-refractivity contribution in [1.82, 2.24) is 0 Å². The molecule has 0 radical (unpaired) electrons. The van der Waals surface area contributed by atoms with Gasteiger partial charge in [0, 0.05) is 26.1 Å². The number of benzene rings is 1. The Labute approximate surface area is 119 Å². The smallest absolute Gasteiger partial charge is 0.306 e. The Bertz CT molecular complexity index is 463. The molecular formula is C12H14Cl2O3S. The molecule has 3 nitrogen and oxygen atoms in total. The lowest BCUT2D eigenvalue weighted by atomic mass is 10.2. The molecular weight excluding hydrogens is 295 g/mol. The fourth-order valence-corrected chi connectivity index (χ4v) is 2.97. The van der Waals surface area contributed by atoms with Gasteiger partial charge in [-0.05, 0) is 23.8 Å². The zero-order valence-electron chi connectivity index (χ0n) is 10.1. The number of methoxy groups -OCH3 is 1. The molecule has 0 fully saturated rings. The Balaban J connectivity index is 2.69. The van der Waals surface area contributed by atoms with Gasteiger partial charge in [-0.2, -0.15) is 0 Å². The van der Waals surface area contributed by atoms with Crippen LogP contribution in [0, 0.1) is 0 Å². The van der Waals surface area contributed by atoms with Gasteiger partial charge in [-0.1, -0.05) is 30.1 Å². The zero-order valence-corrected chi connectivity index (χ0v) is 12.4. The van der Waals surface area contributed by atoms with E-state index in [-0.39, 0.29) is 23.4 Å². The van der Waals surface area contributed by atoms with Gasteiger partial charge in [-0.3, -0.25) is 9.00 Å². The summed E-state index contributed by atoms with van der Waals surface area (Å²) in [5.74, 6) is -0.0922. The molecule has 0 N–H and O–H groups in total. The summed E-state index contributed by atoms with van der Waals surface area (Å²) in [4.78, 5) is 11.1. The molecule has 6 heteroatoms. The highest BCUT2D eigenvalue weighted by molar-refractivity contribution is 7.84. The molecule has 0 amide bonds. The van der Waals surface area contributed by atoms with Crippen LogP contribution >= 0.6 is 23.2 Å². The average molecular weight is 309 g/mol. The fraction of sp³-hybridized carbons (Fsp3) is 0.417. The normalized spacial score (nSPS) is 14.0. The van der Waals surface area contributed by atoms with Crippen LogP contribution in [0.15, 0.2) is 18.2 Å². The highest BCUT2D eigenvalue weighted by Gasteiger charge is 2.17. The maximum Gasteiger partial charge on any atom is 0.306 e. The van der Waals surface area contributed by atoms with E-state index in [0.29, 0.717) is 10.0 Å². The van der Waals surface area contributed by atoms with Gasteiger partial charge in [0.05, 0.1) is 19.3 Å². The molecule has 2 atom stereocenters. The summed E-state index contributed by atoms with van der Waals surface area (Å²) in [6.45, 7) is 1.74. The molecule has 0 aliphatic rings. The Morgan fingerprint density at radius 2 is 2.11 bits per heavy atom. The quantitative estimate of drug-likeness (QED) is 0.785. The van der Waals surface area contributed by atoms with Crippen molar-refractivity contribution < 1.29 is 13.7 Å². The standard InChI is InChI=1S/C12H14Cl2O3S/c1-8(5-12(15)17-2)18(16)7-9-6-10(13)3-4-11(9)14/h3-4,6,8H,5,7H2,1-2H3. The highest BCUT2D eigenvalue weighted by atomic mass is 35.5. The van der Waals surface area contributed by atoms with Crippen molar-refractivity contribution in [2.45, 2.75) is 24.3 Å². The van der Waals surface area contributed by atoms with Gasteiger partial charge in [0.25, 0.3) is 0 Å². The Hall–Kier alpha value is -0.580. The topological polar surface area (TPSA) is 43.4 Å². The summed E-state index contributed by atoms with van der Waals surface area (Å²) in [5.41, 5.74) is 0.721. The van der Waals surface area contributed by atoms with Gasteiger partial charge in [-0.25, -0.2) is 0 Å². The van der Waals surface area contributed by atoms with Crippen molar-refractivity contribution >= 4 is 40.0 Å². The van der Waals surface area contributed by atoms with Crippen molar-refractivity contribution in [2.24, 2.45) is 0 Å². The lowest BCUT2D eigenvalue weighted by Crippen LogP contribution is -2.18. The molecule has 0 aliphatic heterocycles. The summed E-state index contributed by atoms with van der Waals surface area (Å²) in [7, 11) is 0.111. The van der Waals surface area contributed by atoms with E-state index in [9.17, 15) is 9.00 Å². The molecule has 0 bridgehead atoms.